The van der Waals surface area contributed by atoms with E-state index in [1.807, 2.05) is 6.07 Å². The molecule has 0 aliphatic carbocycles. The average Bonchev–Trinajstić information content (AvgIpc) is 2.46. The van der Waals surface area contributed by atoms with Gasteiger partial charge >= 0.3 is 0 Å². The van der Waals surface area contributed by atoms with Crippen LogP contribution in [0.2, 0.25) is 0 Å². The van der Waals surface area contributed by atoms with Crippen LogP contribution < -0.4 is 15.8 Å². The van der Waals surface area contributed by atoms with Gasteiger partial charge < -0.3 is 15.8 Å². The highest BCUT2D eigenvalue weighted by atomic mass is 16.5. The second kappa shape index (κ2) is 6.21. The van der Waals surface area contributed by atoms with E-state index < -0.39 is 0 Å². The molecule has 0 amide bonds. The molecule has 1 aliphatic heterocycles. The van der Waals surface area contributed by atoms with Crippen LogP contribution in [0, 0.1) is 5.92 Å². The third kappa shape index (κ3) is 2.85. The Morgan fingerprint density at radius 2 is 2.33 bits per heavy atom. The largest absolute Gasteiger partial charge is 0.496 e. The van der Waals surface area contributed by atoms with Crippen molar-refractivity contribution in [3.8, 4) is 5.75 Å². The fourth-order valence-corrected chi connectivity index (χ4v) is 2.74. The summed E-state index contributed by atoms with van der Waals surface area (Å²) in [5.41, 5.74) is 8.89. The van der Waals surface area contributed by atoms with Gasteiger partial charge in [-0.3, -0.25) is 0 Å². The van der Waals surface area contributed by atoms with Crippen LogP contribution in [-0.4, -0.2) is 20.2 Å². The van der Waals surface area contributed by atoms with Crippen LogP contribution in [-0.2, 0) is 6.42 Å². The summed E-state index contributed by atoms with van der Waals surface area (Å²) in [6.07, 6.45) is 3.43. The number of nitrogens with one attached hydrogen (secondary N) is 1. The lowest BCUT2D eigenvalue weighted by Crippen LogP contribution is -2.36. The number of piperidine rings is 1. The van der Waals surface area contributed by atoms with Gasteiger partial charge in [-0.05, 0) is 55.5 Å². The van der Waals surface area contributed by atoms with Gasteiger partial charge in [0.15, 0.2) is 0 Å². The van der Waals surface area contributed by atoms with Gasteiger partial charge in [0.1, 0.15) is 5.75 Å². The SMILES string of the molecule is CCc1cc(C(N)C2CCCNC2)ccc1OC. The molecule has 0 aromatic heterocycles. The van der Waals surface area contributed by atoms with Gasteiger partial charge in [0.25, 0.3) is 0 Å². The Kier molecular flexibility index (Phi) is 4.61. The molecule has 1 fully saturated rings. The summed E-state index contributed by atoms with van der Waals surface area (Å²) in [4.78, 5) is 0. The van der Waals surface area contributed by atoms with E-state index in [1.54, 1.807) is 7.11 Å². The van der Waals surface area contributed by atoms with Gasteiger partial charge in [-0.2, -0.15) is 0 Å². The maximum Gasteiger partial charge on any atom is 0.122 e. The van der Waals surface area contributed by atoms with E-state index in [0.717, 1.165) is 25.3 Å². The van der Waals surface area contributed by atoms with Crippen molar-refractivity contribution in [2.75, 3.05) is 20.2 Å². The second-order valence-corrected chi connectivity index (χ2v) is 5.06. The number of hydrogen-bond acceptors (Lipinski definition) is 3. The average molecular weight is 248 g/mol. The molecule has 1 aromatic rings. The zero-order chi connectivity index (χ0) is 13.0. The molecule has 1 saturated heterocycles. The van der Waals surface area contributed by atoms with Crippen LogP contribution in [0.5, 0.6) is 5.75 Å². The summed E-state index contributed by atoms with van der Waals surface area (Å²) in [6, 6.07) is 6.49. The number of nitrogens with two attached hydrogens (primary N) is 1. The van der Waals surface area contributed by atoms with E-state index >= 15 is 0 Å². The van der Waals surface area contributed by atoms with Crippen LogP contribution in [0.4, 0.5) is 0 Å². The number of hydrogen-bond donors (Lipinski definition) is 2. The third-order valence-corrected chi connectivity index (χ3v) is 3.91. The Hall–Kier alpha value is -1.06. The molecule has 2 atom stereocenters. The van der Waals surface area contributed by atoms with Gasteiger partial charge in [0.2, 0.25) is 0 Å². The summed E-state index contributed by atoms with van der Waals surface area (Å²) in [7, 11) is 1.72. The minimum Gasteiger partial charge on any atom is -0.496 e. The lowest BCUT2D eigenvalue weighted by molar-refractivity contribution is 0.326. The lowest BCUT2D eigenvalue weighted by atomic mass is 9.87. The number of rotatable bonds is 4. The van der Waals surface area contributed by atoms with Gasteiger partial charge in [-0.25, -0.2) is 0 Å². The van der Waals surface area contributed by atoms with Crippen LogP contribution in [0.3, 0.4) is 0 Å². The fraction of sp³-hybridized carbons (Fsp3) is 0.600. The quantitative estimate of drug-likeness (QED) is 0.859. The number of aryl methyl sites for hydroxylation is 1. The van der Waals surface area contributed by atoms with Crippen molar-refractivity contribution in [3.63, 3.8) is 0 Å². The molecule has 1 aliphatic rings. The van der Waals surface area contributed by atoms with E-state index in [-0.39, 0.29) is 6.04 Å². The van der Waals surface area contributed by atoms with Crippen LogP contribution in [0.25, 0.3) is 0 Å². The Morgan fingerprint density at radius 3 is 2.94 bits per heavy atom. The monoisotopic (exact) mass is 248 g/mol. The smallest absolute Gasteiger partial charge is 0.122 e. The molecule has 0 radical (unpaired) electrons. The van der Waals surface area contributed by atoms with Crippen LogP contribution >= 0.6 is 0 Å². The molecule has 0 spiro atoms. The van der Waals surface area contributed by atoms with Crippen molar-refractivity contribution in [2.45, 2.75) is 32.2 Å². The highest BCUT2D eigenvalue weighted by Crippen LogP contribution is 2.29. The van der Waals surface area contributed by atoms with Crippen molar-refractivity contribution in [1.82, 2.24) is 5.32 Å². The normalized spacial score (nSPS) is 21.6. The van der Waals surface area contributed by atoms with Gasteiger partial charge in [-0.15, -0.1) is 0 Å². The molecule has 0 saturated carbocycles. The highest BCUT2D eigenvalue weighted by Gasteiger charge is 2.22. The van der Waals surface area contributed by atoms with Crippen LogP contribution in [0.1, 0.15) is 36.9 Å². The fourth-order valence-electron chi connectivity index (χ4n) is 2.74. The Labute approximate surface area is 110 Å². The second-order valence-electron chi connectivity index (χ2n) is 5.06. The number of methoxy groups -OCH3 is 1. The summed E-state index contributed by atoms with van der Waals surface area (Å²) in [5.74, 6) is 1.52. The Morgan fingerprint density at radius 1 is 1.50 bits per heavy atom. The maximum absolute atomic E-state index is 6.40. The zero-order valence-electron chi connectivity index (χ0n) is 11.4. The van der Waals surface area contributed by atoms with Crippen LogP contribution in [0.15, 0.2) is 18.2 Å². The molecule has 1 heterocycles. The van der Waals surface area contributed by atoms with E-state index in [2.05, 4.69) is 24.4 Å². The maximum atomic E-state index is 6.40. The van der Waals surface area contributed by atoms with E-state index in [1.165, 1.54) is 24.0 Å². The molecule has 1 aromatic carbocycles. The first-order valence-electron chi connectivity index (χ1n) is 6.89. The molecular weight excluding hydrogens is 224 g/mol. The van der Waals surface area contributed by atoms with Crippen molar-refractivity contribution < 1.29 is 4.74 Å². The predicted molar refractivity (Wildman–Crippen MR) is 74.9 cm³/mol. The minimum absolute atomic E-state index is 0.133. The van der Waals surface area contributed by atoms with E-state index in [9.17, 15) is 0 Å². The summed E-state index contributed by atoms with van der Waals surface area (Å²) < 4.78 is 5.36. The molecule has 2 rings (SSSR count). The molecule has 18 heavy (non-hydrogen) atoms. The highest BCUT2D eigenvalue weighted by molar-refractivity contribution is 5.38. The molecule has 3 heteroatoms. The molecule has 3 nitrogen and oxygen atoms in total. The van der Waals surface area contributed by atoms with Gasteiger partial charge in [-0.1, -0.05) is 19.1 Å². The number of ether oxygens (including phenoxy) is 1. The predicted octanol–water partition coefficient (Wildman–Crippen LogP) is 2.26. The third-order valence-electron chi connectivity index (χ3n) is 3.91. The van der Waals surface area contributed by atoms with Crippen molar-refractivity contribution in [1.29, 1.82) is 0 Å². The molecule has 2 unspecified atom stereocenters. The lowest BCUT2D eigenvalue weighted by Gasteiger charge is -2.28. The van der Waals surface area contributed by atoms with Crippen molar-refractivity contribution in [2.24, 2.45) is 11.7 Å². The summed E-state index contributed by atoms with van der Waals surface area (Å²) in [5, 5.41) is 3.43. The summed E-state index contributed by atoms with van der Waals surface area (Å²) in [6.45, 7) is 4.32. The van der Waals surface area contributed by atoms with Crippen molar-refractivity contribution >= 4 is 0 Å². The first kappa shape index (κ1) is 13.4. The molecular formula is C15H24N2O. The van der Waals surface area contributed by atoms with Crippen molar-refractivity contribution in [3.05, 3.63) is 29.3 Å². The topological polar surface area (TPSA) is 47.3 Å². The minimum atomic E-state index is 0.133. The van der Waals surface area contributed by atoms with E-state index in [0.29, 0.717) is 5.92 Å². The van der Waals surface area contributed by atoms with Gasteiger partial charge in [0.05, 0.1) is 7.11 Å². The first-order chi connectivity index (χ1) is 8.76. The Bertz CT molecular complexity index is 386. The van der Waals surface area contributed by atoms with E-state index in [4.69, 9.17) is 10.5 Å². The Balaban J connectivity index is 2.16. The standard InChI is InChI=1S/C15H24N2O/c1-3-11-9-12(6-7-14(11)18-2)15(16)13-5-4-8-17-10-13/h6-7,9,13,15,17H,3-5,8,10,16H2,1-2H3. The number of benzene rings is 1. The first-order valence-corrected chi connectivity index (χ1v) is 6.89. The zero-order valence-corrected chi connectivity index (χ0v) is 11.4. The molecule has 0 bridgehead atoms. The van der Waals surface area contributed by atoms with Gasteiger partial charge in [0, 0.05) is 6.04 Å². The summed E-state index contributed by atoms with van der Waals surface area (Å²) >= 11 is 0. The molecule has 100 valence electrons. The molecule has 3 N–H and O–H groups in total.